The Morgan fingerprint density at radius 2 is 2.29 bits per heavy atom. The van der Waals surface area contributed by atoms with Gasteiger partial charge in [0.15, 0.2) is 0 Å². The monoisotopic (exact) mass is 304 g/mol. The molecule has 0 aliphatic rings. The summed E-state index contributed by atoms with van der Waals surface area (Å²) in [5.41, 5.74) is 0.908. The first-order valence-electron chi connectivity index (χ1n) is 6.16. The molecule has 0 saturated carbocycles. The van der Waals surface area contributed by atoms with Crippen LogP contribution in [0.5, 0.6) is 5.75 Å². The Bertz CT molecular complexity index is 796. The van der Waals surface area contributed by atoms with E-state index in [2.05, 4.69) is 10.3 Å². The van der Waals surface area contributed by atoms with E-state index >= 15 is 0 Å². The molecule has 3 rings (SSSR count). The first-order valence-corrected chi connectivity index (χ1v) is 7.04. The number of thiazole rings is 1. The summed E-state index contributed by atoms with van der Waals surface area (Å²) in [6.07, 6.45) is 1.64. The predicted octanol–water partition coefficient (Wildman–Crippen LogP) is 2.92. The Kier molecular flexibility index (Phi) is 3.44. The summed E-state index contributed by atoms with van der Waals surface area (Å²) in [5.74, 6) is 0.938. The van der Waals surface area contributed by atoms with Gasteiger partial charge in [0.1, 0.15) is 11.9 Å². The van der Waals surface area contributed by atoms with Gasteiger partial charge in [-0.25, -0.2) is 0 Å². The highest BCUT2D eigenvalue weighted by molar-refractivity contribution is 7.15. The van der Waals surface area contributed by atoms with Crippen molar-refractivity contribution in [2.75, 3.05) is 12.4 Å². The van der Waals surface area contributed by atoms with Gasteiger partial charge in [-0.15, -0.1) is 0 Å². The summed E-state index contributed by atoms with van der Waals surface area (Å²) < 4.78 is 6.73. The van der Waals surface area contributed by atoms with Gasteiger partial charge in [-0.3, -0.25) is 0 Å². The van der Waals surface area contributed by atoms with Crippen molar-refractivity contribution in [3.8, 4) is 5.75 Å². The molecule has 0 bridgehead atoms. The maximum absolute atomic E-state index is 11.2. The molecule has 2 aromatic heterocycles. The van der Waals surface area contributed by atoms with Gasteiger partial charge in [0, 0.05) is 17.5 Å². The van der Waals surface area contributed by atoms with Crippen LogP contribution in [0.25, 0.3) is 4.96 Å². The first kappa shape index (κ1) is 13.4. The molecule has 0 atom stereocenters. The topological polar surface area (TPSA) is 81.7 Å². The highest BCUT2D eigenvalue weighted by Crippen LogP contribution is 2.29. The summed E-state index contributed by atoms with van der Waals surface area (Å²) in [6, 6.07) is 7.50. The number of hydrogen-bond acceptors (Lipinski definition) is 6. The molecule has 8 heteroatoms. The van der Waals surface area contributed by atoms with Gasteiger partial charge < -0.3 is 20.2 Å². The number of para-hydroxylation sites is 1. The molecule has 0 aliphatic carbocycles. The number of methoxy groups -OCH3 is 1. The molecule has 2 heterocycles. The van der Waals surface area contributed by atoms with E-state index in [1.165, 1.54) is 15.7 Å². The minimum absolute atomic E-state index is 0.0545. The third kappa shape index (κ3) is 2.40. The number of nitro groups is 1. The van der Waals surface area contributed by atoms with Gasteiger partial charge >= 0.3 is 5.82 Å². The summed E-state index contributed by atoms with van der Waals surface area (Å²) in [6.45, 7) is 0.398. The number of hydrogen-bond donors (Lipinski definition) is 1. The fourth-order valence-electron chi connectivity index (χ4n) is 2.09. The summed E-state index contributed by atoms with van der Waals surface area (Å²) in [5, 5.41) is 16.0. The van der Waals surface area contributed by atoms with Crippen LogP contribution in [0.15, 0.2) is 35.8 Å². The number of anilines is 1. The summed E-state index contributed by atoms with van der Waals surface area (Å²) in [4.78, 5) is 15.6. The quantitative estimate of drug-likeness (QED) is 0.579. The van der Waals surface area contributed by atoms with Crippen LogP contribution in [0.4, 0.5) is 11.6 Å². The number of benzene rings is 1. The fourth-order valence-corrected chi connectivity index (χ4v) is 2.80. The Morgan fingerprint density at radius 1 is 1.48 bits per heavy atom. The van der Waals surface area contributed by atoms with Crippen molar-refractivity contribution < 1.29 is 9.66 Å². The molecule has 0 amide bonds. The zero-order valence-electron chi connectivity index (χ0n) is 11.1. The number of nitrogens with zero attached hydrogens (tertiary/aromatic N) is 3. The van der Waals surface area contributed by atoms with Crippen LogP contribution in [0.1, 0.15) is 5.56 Å². The lowest BCUT2D eigenvalue weighted by Crippen LogP contribution is -2.04. The van der Waals surface area contributed by atoms with E-state index in [4.69, 9.17) is 4.74 Å². The average Bonchev–Trinajstić information content (AvgIpc) is 3.05. The van der Waals surface area contributed by atoms with Crippen LogP contribution in [0.3, 0.4) is 0 Å². The molecule has 0 aliphatic heterocycles. The highest BCUT2D eigenvalue weighted by atomic mass is 32.1. The van der Waals surface area contributed by atoms with Gasteiger partial charge in [-0.05, 0) is 11.0 Å². The van der Waals surface area contributed by atoms with Gasteiger partial charge in [-0.1, -0.05) is 29.5 Å². The van der Waals surface area contributed by atoms with Crippen molar-refractivity contribution in [2.24, 2.45) is 0 Å². The van der Waals surface area contributed by atoms with Crippen molar-refractivity contribution in [3.05, 3.63) is 51.5 Å². The normalized spacial score (nSPS) is 10.7. The standard InChI is InChI=1S/C13H12N4O3S/c1-20-10-5-3-2-4-9(10)8-14-11-12(17(18)19)16-6-7-21-13(16)15-11/h2-7,14H,8H2,1H3. The maximum atomic E-state index is 11.2. The third-order valence-electron chi connectivity index (χ3n) is 3.05. The minimum atomic E-state index is -0.433. The van der Waals surface area contributed by atoms with E-state index in [1.54, 1.807) is 18.7 Å². The number of rotatable bonds is 5. The SMILES string of the molecule is COc1ccccc1CNc1nc2sccn2c1[N+](=O)[O-]. The van der Waals surface area contributed by atoms with Crippen molar-refractivity contribution >= 4 is 27.9 Å². The van der Waals surface area contributed by atoms with E-state index in [0.29, 0.717) is 11.5 Å². The predicted molar refractivity (Wildman–Crippen MR) is 80.0 cm³/mol. The number of fused-ring (bicyclic) bond motifs is 1. The average molecular weight is 304 g/mol. The zero-order valence-corrected chi connectivity index (χ0v) is 12.0. The Balaban J connectivity index is 1.90. The van der Waals surface area contributed by atoms with Gasteiger partial charge in [0.2, 0.25) is 5.82 Å². The second-order valence-corrected chi connectivity index (χ2v) is 5.14. The second-order valence-electron chi connectivity index (χ2n) is 4.26. The molecule has 1 aromatic carbocycles. The molecule has 0 radical (unpaired) electrons. The van der Waals surface area contributed by atoms with Crippen LogP contribution < -0.4 is 10.1 Å². The molecule has 0 saturated heterocycles. The number of ether oxygens (including phenoxy) is 1. The van der Waals surface area contributed by atoms with Crippen LogP contribution >= 0.6 is 11.3 Å². The Morgan fingerprint density at radius 3 is 3.05 bits per heavy atom. The van der Waals surface area contributed by atoms with Crippen molar-refractivity contribution in [1.82, 2.24) is 9.38 Å². The van der Waals surface area contributed by atoms with Crippen molar-refractivity contribution in [1.29, 1.82) is 0 Å². The van der Waals surface area contributed by atoms with Crippen LogP contribution in [-0.2, 0) is 6.54 Å². The van der Waals surface area contributed by atoms with Crippen LogP contribution in [-0.4, -0.2) is 21.4 Å². The fraction of sp³-hybridized carbons (Fsp3) is 0.154. The molecule has 21 heavy (non-hydrogen) atoms. The number of nitrogens with one attached hydrogen (secondary N) is 1. The second kappa shape index (κ2) is 5.41. The largest absolute Gasteiger partial charge is 0.496 e. The van der Waals surface area contributed by atoms with E-state index in [1.807, 2.05) is 24.3 Å². The van der Waals surface area contributed by atoms with Gasteiger partial charge in [0.25, 0.3) is 4.96 Å². The van der Waals surface area contributed by atoms with E-state index in [9.17, 15) is 10.1 Å². The Labute approximate surface area is 124 Å². The van der Waals surface area contributed by atoms with Crippen molar-refractivity contribution in [2.45, 2.75) is 6.54 Å². The lowest BCUT2D eigenvalue weighted by Gasteiger charge is -2.08. The molecule has 0 fully saturated rings. The lowest BCUT2D eigenvalue weighted by molar-refractivity contribution is -0.389. The Hall–Kier alpha value is -2.61. The van der Waals surface area contributed by atoms with Gasteiger partial charge in [-0.2, -0.15) is 9.38 Å². The number of aromatic nitrogens is 2. The summed E-state index contributed by atoms with van der Waals surface area (Å²) >= 11 is 1.35. The van der Waals surface area contributed by atoms with E-state index in [-0.39, 0.29) is 11.6 Å². The van der Waals surface area contributed by atoms with E-state index in [0.717, 1.165) is 11.3 Å². The highest BCUT2D eigenvalue weighted by Gasteiger charge is 2.23. The molecule has 7 nitrogen and oxygen atoms in total. The lowest BCUT2D eigenvalue weighted by atomic mass is 10.2. The first-order chi connectivity index (χ1) is 10.2. The molecule has 0 unspecified atom stereocenters. The maximum Gasteiger partial charge on any atom is 0.372 e. The van der Waals surface area contributed by atoms with E-state index < -0.39 is 4.92 Å². The minimum Gasteiger partial charge on any atom is -0.496 e. The molecule has 0 spiro atoms. The molecule has 1 N–H and O–H groups in total. The third-order valence-corrected chi connectivity index (χ3v) is 3.81. The summed E-state index contributed by atoms with van der Waals surface area (Å²) in [7, 11) is 1.59. The smallest absolute Gasteiger partial charge is 0.372 e. The molecular weight excluding hydrogens is 292 g/mol. The van der Waals surface area contributed by atoms with Crippen LogP contribution in [0.2, 0.25) is 0 Å². The zero-order chi connectivity index (χ0) is 14.8. The van der Waals surface area contributed by atoms with Crippen molar-refractivity contribution in [3.63, 3.8) is 0 Å². The molecule has 108 valence electrons. The molecular formula is C13H12N4O3S. The van der Waals surface area contributed by atoms with Crippen LogP contribution in [0, 0.1) is 10.1 Å². The molecule has 3 aromatic rings. The van der Waals surface area contributed by atoms with Gasteiger partial charge in [0.05, 0.1) is 7.11 Å². The number of imidazole rings is 1.